The van der Waals surface area contributed by atoms with Gasteiger partial charge in [-0.05, 0) is 51.5 Å². The predicted octanol–water partition coefficient (Wildman–Crippen LogP) is 2.76. The molecule has 0 aliphatic heterocycles. The zero-order valence-corrected chi connectivity index (χ0v) is 14.1. The lowest BCUT2D eigenvalue weighted by molar-refractivity contribution is -0.424. The van der Waals surface area contributed by atoms with Gasteiger partial charge in [0.2, 0.25) is 5.76 Å². The molecular weight excluding hydrogens is 314 g/mol. The fourth-order valence-corrected chi connectivity index (χ4v) is 1.84. The summed E-state index contributed by atoms with van der Waals surface area (Å²) in [6.45, 7) is 7.27. The number of nitrogens with zero attached hydrogens (tertiary/aromatic N) is 3. The molecular formula is C16H21N3O5. The monoisotopic (exact) mass is 335 g/mol. The van der Waals surface area contributed by atoms with Gasteiger partial charge in [0.05, 0.1) is 4.92 Å². The average molecular weight is 335 g/mol. The maximum Gasteiger partial charge on any atom is 0.310 e. The number of nitro groups is 1. The normalized spacial score (nSPS) is 13.9. The van der Waals surface area contributed by atoms with Crippen molar-refractivity contribution >= 4 is 5.91 Å². The second-order valence-electron chi connectivity index (χ2n) is 4.70. The molecule has 0 aromatic rings. The molecule has 0 aliphatic carbocycles. The Morgan fingerprint density at radius 3 is 2.21 bits per heavy atom. The van der Waals surface area contributed by atoms with Gasteiger partial charge in [0.15, 0.2) is 5.76 Å². The van der Waals surface area contributed by atoms with Gasteiger partial charge in [-0.2, -0.15) is 5.26 Å². The van der Waals surface area contributed by atoms with Crippen molar-refractivity contribution in [2.45, 2.75) is 27.7 Å². The van der Waals surface area contributed by atoms with Gasteiger partial charge < -0.3 is 15.1 Å². The molecule has 0 saturated carbocycles. The van der Waals surface area contributed by atoms with Crippen molar-refractivity contribution < 1.29 is 19.9 Å². The van der Waals surface area contributed by atoms with Crippen molar-refractivity contribution in [2.24, 2.45) is 0 Å². The molecule has 0 atom stereocenters. The second kappa shape index (κ2) is 9.84. The third-order valence-corrected chi connectivity index (χ3v) is 3.09. The Labute approximate surface area is 140 Å². The summed E-state index contributed by atoms with van der Waals surface area (Å²) in [6, 6.07) is 1.79. The molecule has 0 unspecified atom stereocenters. The van der Waals surface area contributed by atoms with Gasteiger partial charge in [-0.15, -0.1) is 0 Å². The van der Waals surface area contributed by atoms with Crippen LogP contribution in [0.4, 0.5) is 0 Å². The minimum Gasteiger partial charge on any atom is -0.504 e. The number of rotatable bonds is 7. The highest BCUT2D eigenvalue weighted by atomic mass is 16.6. The molecule has 8 nitrogen and oxygen atoms in total. The molecule has 0 radical (unpaired) electrons. The van der Waals surface area contributed by atoms with Gasteiger partial charge in [-0.3, -0.25) is 14.9 Å². The van der Waals surface area contributed by atoms with Gasteiger partial charge in [0, 0.05) is 13.1 Å². The third-order valence-electron chi connectivity index (χ3n) is 3.09. The van der Waals surface area contributed by atoms with Crippen LogP contribution in [0.5, 0.6) is 0 Å². The van der Waals surface area contributed by atoms with Crippen LogP contribution in [0.25, 0.3) is 0 Å². The first-order valence-corrected chi connectivity index (χ1v) is 7.25. The largest absolute Gasteiger partial charge is 0.504 e. The van der Waals surface area contributed by atoms with E-state index in [1.54, 1.807) is 19.9 Å². The quantitative estimate of drug-likeness (QED) is 0.184. The van der Waals surface area contributed by atoms with Crippen molar-refractivity contribution in [3.05, 3.63) is 56.7 Å². The number of nitriles is 1. The van der Waals surface area contributed by atoms with Gasteiger partial charge in [-0.25, -0.2) is 0 Å². The van der Waals surface area contributed by atoms with E-state index in [1.165, 1.54) is 24.8 Å². The van der Waals surface area contributed by atoms with Gasteiger partial charge in [0.1, 0.15) is 11.6 Å². The summed E-state index contributed by atoms with van der Waals surface area (Å²) in [5, 5.41) is 39.3. The number of carbonyl (C=O) groups is 1. The van der Waals surface area contributed by atoms with Crippen LogP contribution in [-0.2, 0) is 4.79 Å². The molecule has 0 rings (SSSR count). The molecule has 0 heterocycles. The van der Waals surface area contributed by atoms with Gasteiger partial charge in [-0.1, -0.05) is 0 Å². The number of allylic oxidation sites excluding steroid dienone is 4. The Bertz CT molecular complexity index is 662. The van der Waals surface area contributed by atoms with E-state index in [1.807, 2.05) is 0 Å². The van der Waals surface area contributed by atoms with Gasteiger partial charge >= 0.3 is 5.70 Å². The number of aliphatic hydroxyl groups is 2. The van der Waals surface area contributed by atoms with Crippen LogP contribution in [0.1, 0.15) is 27.7 Å². The summed E-state index contributed by atoms with van der Waals surface area (Å²) < 4.78 is 0. The van der Waals surface area contributed by atoms with Crippen LogP contribution in [0, 0.1) is 21.4 Å². The highest BCUT2D eigenvalue weighted by Crippen LogP contribution is 2.15. The lowest BCUT2D eigenvalue weighted by Crippen LogP contribution is -2.31. The molecule has 0 spiro atoms. The summed E-state index contributed by atoms with van der Waals surface area (Å²) >= 11 is 0. The predicted molar refractivity (Wildman–Crippen MR) is 88.4 cm³/mol. The van der Waals surface area contributed by atoms with Crippen LogP contribution < -0.4 is 0 Å². The first-order chi connectivity index (χ1) is 11.2. The summed E-state index contributed by atoms with van der Waals surface area (Å²) in [5.74, 6) is -2.09. The van der Waals surface area contributed by atoms with E-state index in [9.17, 15) is 25.1 Å². The zero-order valence-electron chi connectivity index (χ0n) is 14.1. The SMILES string of the molecule is C\C=C(/C(O)=C(O)\C=C(C)\C=C(/C#N)C(=O)N(CC)CC)[N+](=O)[O-]. The van der Waals surface area contributed by atoms with E-state index in [-0.39, 0.29) is 11.1 Å². The molecule has 8 heteroatoms. The molecule has 0 bridgehead atoms. The van der Waals surface area contributed by atoms with Crippen molar-refractivity contribution in [1.29, 1.82) is 5.26 Å². The summed E-state index contributed by atoms with van der Waals surface area (Å²) in [7, 11) is 0. The van der Waals surface area contributed by atoms with E-state index in [0.29, 0.717) is 13.1 Å². The van der Waals surface area contributed by atoms with E-state index in [0.717, 1.165) is 12.2 Å². The lowest BCUT2D eigenvalue weighted by Gasteiger charge is -2.17. The van der Waals surface area contributed by atoms with Crippen molar-refractivity contribution in [3.63, 3.8) is 0 Å². The van der Waals surface area contributed by atoms with E-state index < -0.39 is 28.0 Å². The minimum atomic E-state index is -0.899. The van der Waals surface area contributed by atoms with Crippen molar-refractivity contribution in [3.8, 4) is 6.07 Å². The van der Waals surface area contributed by atoms with E-state index >= 15 is 0 Å². The van der Waals surface area contributed by atoms with E-state index in [4.69, 9.17) is 5.26 Å². The molecule has 0 aromatic carbocycles. The first kappa shape index (κ1) is 20.9. The number of hydrogen-bond acceptors (Lipinski definition) is 6. The molecule has 130 valence electrons. The Kier molecular flexibility index (Phi) is 8.58. The Hall–Kier alpha value is -3.08. The molecule has 0 fully saturated rings. The Balaban J connectivity index is 5.72. The third kappa shape index (κ3) is 5.61. The van der Waals surface area contributed by atoms with Gasteiger partial charge in [0.25, 0.3) is 5.91 Å². The van der Waals surface area contributed by atoms with Crippen LogP contribution in [0.3, 0.4) is 0 Å². The van der Waals surface area contributed by atoms with Crippen LogP contribution >= 0.6 is 0 Å². The van der Waals surface area contributed by atoms with Crippen LogP contribution in [0.15, 0.2) is 46.6 Å². The van der Waals surface area contributed by atoms with Crippen molar-refractivity contribution in [1.82, 2.24) is 4.90 Å². The fraction of sp³-hybridized carbons (Fsp3) is 0.375. The smallest absolute Gasteiger partial charge is 0.310 e. The summed E-state index contributed by atoms with van der Waals surface area (Å²) in [4.78, 5) is 23.5. The first-order valence-electron chi connectivity index (χ1n) is 7.25. The number of carbonyl (C=O) groups excluding carboxylic acids is 1. The lowest BCUT2D eigenvalue weighted by atomic mass is 10.1. The maximum atomic E-state index is 12.1. The fourth-order valence-electron chi connectivity index (χ4n) is 1.84. The number of aliphatic hydroxyl groups excluding tert-OH is 2. The topological polar surface area (TPSA) is 128 Å². The maximum absolute atomic E-state index is 12.1. The van der Waals surface area contributed by atoms with Crippen LogP contribution in [0.2, 0.25) is 0 Å². The number of likely N-dealkylation sites (N-methyl/N-ethyl adjacent to an activating group) is 1. The van der Waals surface area contributed by atoms with Crippen molar-refractivity contribution in [2.75, 3.05) is 13.1 Å². The highest BCUT2D eigenvalue weighted by molar-refractivity contribution is 5.97. The second-order valence-corrected chi connectivity index (χ2v) is 4.70. The minimum absolute atomic E-state index is 0.139. The van der Waals surface area contributed by atoms with Crippen LogP contribution in [-0.4, -0.2) is 39.0 Å². The average Bonchev–Trinajstić information content (AvgIpc) is 2.53. The summed E-state index contributed by atoms with van der Waals surface area (Å²) in [5.41, 5.74) is -0.518. The number of amides is 1. The standard InChI is InChI=1S/C16H21N3O5/c1-5-13(19(23)24)15(21)14(20)9-11(4)8-12(10-17)16(22)18(6-2)7-3/h5,8-9,20-21H,6-7H2,1-4H3/b11-9+,12-8+,13-5+,15-14-. The zero-order chi connectivity index (χ0) is 18.9. The molecule has 0 aliphatic rings. The summed E-state index contributed by atoms with van der Waals surface area (Å²) in [6.07, 6.45) is 3.32. The molecule has 0 saturated heterocycles. The van der Waals surface area contributed by atoms with E-state index in [2.05, 4.69) is 0 Å². The molecule has 24 heavy (non-hydrogen) atoms. The Morgan fingerprint density at radius 2 is 1.83 bits per heavy atom. The highest BCUT2D eigenvalue weighted by Gasteiger charge is 2.19. The molecule has 2 N–H and O–H groups in total. The Morgan fingerprint density at radius 1 is 1.29 bits per heavy atom. The number of hydrogen-bond donors (Lipinski definition) is 2. The molecule has 0 aromatic heterocycles. The molecule has 1 amide bonds.